The predicted octanol–water partition coefficient (Wildman–Crippen LogP) is 10.3. The molecule has 0 aromatic heterocycles. The molecule has 9 rings (SSSR count). The highest BCUT2D eigenvalue weighted by Crippen LogP contribution is 2.32. The molecule has 3 aromatic carbocycles. The van der Waals surface area contributed by atoms with Gasteiger partial charge in [0.1, 0.15) is 29.5 Å². The summed E-state index contributed by atoms with van der Waals surface area (Å²) >= 11 is 0. The number of nitro benzene ring substituents is 2. The van der Waals surface area contributed by atoms with Crippen molar-refractivity contribution in [1.82, 2.24) is 14.7 Å². The Balaban J connectivity index is 0.000000218. The molecule has 3 saturated carbocycles. The van der Waals surface area contributed by atoms with Crippen LogP contribution < -0.4 is 15.2 Å². The second-order valence-corrected chi connectivity index (χ2v) is 15.7. The minimum Gasteiger partial charge on any atom is -0.490 e. The highest BCUT2D eigenvalue weighted by atomic mass is 19.1. The van der Waals surface area contributed by atoms with Crippen molar-refractivity contribution in [3.8, 4) is 11.5 Å². The van der Waals surface area contributed by atoms with Crippen LogP contribution in [-0.4, -0.2) is 105 Å². The van der Waals surface area contributed by atoms with Crippen LogP contribution in [0.15, 0.2) is 72.8 Å². The van der Waals surface area contributed by atoms with Gasteiger partial charge in [-0.05, 0) is 126 Å². The monoisotopic (exact) mass is 867 g/mol. The molecule has 0 unspecified atom stereocenters. The van der Waals surface area contributed by atoms with Crippen LogP contribution in [-0.2, 0) is 0 Å². The molecule has 3 N–H and O–H groups in total. The molecule has 14 heteroatoms. The maximum absolute atomic E-state index is 12.1. The van der Waals surface area contributed by atoms with Gasteiger partial charge in [0, 0.05) is 87.3 Å². The lowest BCUT2D eigenvalue weighted by atomic mass is 10.1. The number of nitro groups is 2. The molecule has 0 radical (unpaired) electrons. The first-order valence-electron chi connectivity index (χ1n) is 23.3. The average Bonchev–Trinajstić information content (AvgIpc) is 4.13. The van der Waals surface area contributed by atoms with Crippen LogP contribution >= 0.6 is 0 Å². The zero-order valence-electron chi connectivity index (χ0n) is 38.2. The molecule has 6 aliphatic rings. The van der Waals surface area contributed by atoms with Gasteiger partial charge in [-0.25, -0.2) is 4.39 Å². The highest BCUT2D eigenvalue weighted by molar-refractivity contribution is 5.41. The maximum Gasteiger partial charge on any atom is 0.269 e. The molecule has 62 heavy (non-hydrogen) atoms. The summed E-state index contributed by atoms with van der Waals surface area (Å²) in [5.41, 5.74) is 6.46. The number of halogens is 1. The van der Waals surface area contributed by atoms with E-state index in [-0.39, 0.29) is 23.6 Å². The van der Waals surface area contributed by atoms with E-state index in [9.17, 15) is 29.7 Å². The van der Waals surface area contributed by atoms with Crippen molar-refractivity contribution < 1.29 is 28.8 Å². The van der Waals surface area contributed by atoms with Gasteiger partial charge in [-0.1, -0.05) is 41.5 Å². The number of likely N-dealkylation sites (tertiary alicyclic amines) is 3. The summed E-state index contributed by atoms with van der Waals surface area (Å²) in [5.74, 6) is 1.21. The zero-order valence-corrected chi connectivity index (χ0v) is 38.2. The molecule has 346 valence electrons. The molecule has 3 heterocycles. The number of nitrogen functional groups attached to an aromatic ring is 1. The molecular weight excluding hydrogens is 792 g/mol. The van der Waals surface area contributed by atoms with Gasteiger partial charge < -0.3 is 35.0 Å². The molecule has 0 amide bonds. The SMILES string of the molecule is CC.CC.CC.Nc1ccc(OC2CCN(C3CC3)CC2)cc1.O=[N+]([O-])c1ccc(F)cc1.O=[N+]([O-])c1ccc(OC2CCN(C3CC3)CC2)cc1.OC1CCN(C2CC2)CC1. The second kappa shape index (κ2) is 28.3. The van der Waals surface area contributed by atoms with E-state index in [0.29, 0.717) is 6.10 Å². The van der Waals surface area contributed by atoms with E-state index in [4.69, 9.17) is 15.2 Å². The summed E-state index contributed by atoms with van der Waals surface area (Å²) in [6.45, 7) is 18.9. The third kappa shape index (κ3) is 19.3. The summed E-state index contributed by atoms with van der Waals surface area (Å²) in [6, 6.07) is 21.1. The van der Waals surface area contributed by atoms with Gasteiger partial charge in [0.05, 0.1) is 16.0 Å². The van der Waals surface area contributed by atoms with Crippen molar-refractivity contribution >= 4 is 17.1 Å². The normalized spacial score (nSPS) is 19.5. The van der Waals surface area contributed by atoms with Crippen molar-refractivity contribution in [3.05, 3.63) is 98.8 Å². The van der Waals surface area contributed by atoms with E-state index in [0.717, 1.165) is 124 Å². The fourth-order valence-corrected chi connectivity index (χ4v) is 7.43. The Kier molecular flexibility index (Phi) is 23.8. The van der Waals surface area contributed by atoms with Gasteiger partial charge >= 0.3 is 0 Å². The maximum atomic E-state index is 12.1. The van der Waals surface area contributed by atoms with Crippen molar-refractivity contribution in [1.29, 1.82) is 0 Å². The van der Waals surface area contributed by atoms with Crippen LogP contribution in [0.4, 0.5) is 21.5 Å². The van der Waals surface area contributed by atoms with Crippen molar-refractivity contribution in [2.75, 3.05) is 45.0 Å². The summed E-state index contributed by atoms with van der Waals surface area (Å²) in [5, 5.41) is 29.8. The third-order valence-electron chi connectivity index (χ3n) is 11.2. The number of rotatable bonds is 9. The van der Waals surface area contributed by atoms with E-state index in [1.54, 1.807) is 12.1 Å². The van der Waals surface area contributed by atoms with Crippen LogP contribution in [0.3, 0.4) is 0 Å². The topological polar surface area (TPSA) is 161 Å². The molecule has 0 spiro atoms. The van der Waals surface area contributed by atoms with Gasteiger partial charge in [-0.15, -0.1) is 0 Å². The molecule has 0 atom stereocenters. The van der Waals surface area contributed by atoms with E-state index in [1.165, 1.54) is 63.7 Å². The number of hydrogen-bond acceptors (Lipinski definition) is 11. The van der Waals surface area contributed by atoms with Crippen LogP contribution in [0.1, 0.15) is 119 Å². The molecule has 3 aliphatic heterocycles. The van der Waals surface area contributed by atoms with Gasteiger partial charge in [-0.2, -0.15) is 0 Å². The quantitative estimate of drug-likeness (QED) is 0.120. The predicted molar refractivity (Wildman–Crippen MR) is 247 cm³/mol. The number of piperidine rings is 3. The minimum absolute atomic E-state index is 0.00463. The first kappa shape index (κ1) is 52.0. The summed E-state index contributed by atoms with van der Waals surface area (Å²) in [4.78, 5) is 27.3. The second-order valence-electron chi connectivity index (χ2n) is 15.7. The lowest BCUT2D eigenvalue weighted by molar-refractivity contribution is -0.385. The Hall–Kier alpha value is -4.37. The Bertz CT molecular complexity index is 1650. The molecule has 13 nitrogen and oxygen atoms in total. The summed E-state index contributed by atoms with van der Waals surface area (Å²) < 4.78 is 24.0. The number of nitrogens with zero attached hydrogens (tertiary/aromatic N) is 5. The number of non-ortho nitro benzene ring substituents is 2. The number of hydrogen-bond donors (Lipinski definition) is 2. The number of ether oxygens (including phenoxy) is 2. The minimum atomic E-state index is -0.570. The smallest absolute Gasteiger partial charge is 0.269 e. The molecule has 3 saturated heterocycles. The number of nitrogens with two attached hydrogens (primary N) is 1. The zero-order chi connectivity index (χ0) is 45.4. The van der Waals surface area contributed by atoms with E-state index in [2.05, 4.69) is 14.7 Å². The van der Waals surface area contributed by atoms with Gasteiger partial charge in [0.2, 0.25) is 0 Å². The number of aliphatic hydroxyl groups excluding tert-OH is 1. The third-order valence-corrected chi connectivity index (χ3v) is 11.2. The van der Waals surface area contributed by atoms with Crippen LogP contribution in [0, 0.1) is 26.0 Å². The summed E-state index contributed by atoms with van der Waals surface area (Å²) in [6.07, 6.45) is 15.3. The molecular formula is C48H75FN6O7. The Morgan fingerprint density at radius 3 is 1.11 bits per heavy atom. The van der Waals surface area contributed by atoms with Crippen molar-refractivity contribution in [3.63, 3.8) is 0 Å². The van der Waals surface area contributed by atoms with Crippen molar-refractivity contribution in [2.24, 2.45) is 0 Å². The number of anilines is 1. The lowest BCUT2D eigenvalue weighted by Gasteiger charge is -2.32. The van der Waals surface area contributed by atoms with Gasteiger partial charge in [0.15, 0.2) is 0 Å². The fourth-order valence-electron chi connectivity index (χ4n) is 7.43. The van der Waals surface area contributed by atoms with Crippen LogP contribution in [0.25, 0.3) is 0 Å². The van der Waals surface area contributed by atoms with Crippen LogP contribution in [0.5, 0.6) is 11.5 Å². The molecule has 6 fully saturated rings. The molecule has 0 bridgehead atoms. The highest BCUT2D eigenvalue weighted by Gasteiger charge is 2.34. The molecule has 3 aromatic rings. The number of aliphatic hydroxyl groups is 1. The number of benzene rings is 3. The lowest BCUT2D eigenvalue weighted by Crippen LogP contribution is -2.39. The molecule has 3 aliphatic carbocycles. The van der Waals surface area contributed by atoms with E-state index >= 15 is 0 Å². The van der Waals surface area contributed by atoms with E-state index < -0.39 is 15.7 Å². The standard InChI is InChI=1S/C14H18N2O3.C14H20N2O.C8H15NO.C6H4FNO2.3C2H6/c17-16(18)12-3-5-13(6-4-12)19-14-7-9-15(10-8-14)11-1-2-11;15-11-1-5-13(6-2-11)17-14-7-9-16(10-8-14)12-3-4-12;10-8-3-5-9(6-4-8)7-1-2-7;7-5-1-3-6(4-2-5)8(9)10;3*1-2/h3-6,11,14H,1-2,7-10H2;1-2,5-6,12,14H,3-4,7-10,15H2;7-8,10H,1-6H2;1-4H;3*1-2H3. The Morgan fingerprint density at radius 1 is 0.516 bits per heavy atom. The Morgan fingerprint density at radius 2 is 0.806 bits per heavy atom. The van der Waals surface area contributed by atoms with Crippen molar-refractivity contribution in [2.45, 2.75) is 155 Å². The van der Waals surface area contributed by atoms with Gasteiger partial charge in [-0.3, -0.25) is 20.2 Å². The fraction of sp³-hybridized carbons (Fsp3) is 0.625. The van der Waals surface area contributed by atoms with E-state index in [1.807, 2.05) is 65.8 Å². The average molecular weight is 867 g/mol. The Labute approximate surface area is 370 Å². The van der Waals surface area contributed by atoms with Gasteiger partial charge in [0.25, 0.3) is 11.4 Å². The summed E-state index contributed by atoms with van der Waals surface area (Å²) in [7, 11) is 0. The largest absolute Gasteiger partial charge is 0.490 e. The van der Waals surface area contributed by atoms with Crippen LogP contribution in [0.2, 0.25) is 0 Å². The first-order chi connectivity index (χ1) is 30.1. The first-order valence-corrected chi connectivity index (χ1v) is 23.3.